The first-order chi connectivity index (χ1) is 9.72. The molecule has 1 aromatic rings. The minimum Gasteiger partial charge on any atom is -0.375 e. The molecule has 1 amide bonds. The van der Waals surface area contributed by atoms with Crippen molar-refractivity contribution in [1.29, 1.82) is 0 Å². The Balaban J connectivity index is 0.00000161. The molecule has 7 heteroatoms. The van der Waals surface area contributed by atoms with Crippen LogP contribution in [-0.4, -0.2) is 59.5 Å². The Kier molecular flexibility index (Phi) is 5.24. The van der Waals surface area contributed by atoms with Crippen molar-refractivity contribution in [2.45, 2.75) is 31.4 Å². The number of nitrogens with zero attached hydrogens (tertiary/aromatic N) is 3. The maximum absolute atomic E-state index is 13.1. The van der Waals surface area contributed by atoms with Crippen LogP contribution in [-0.2, 0) is 15.1 Å². The molecule has 2 saturated heterocycles. The van der Waals surface area contributed by atoms with Gasteiger partial charge in [-0.1, -0.05) is 0 Å². The Hall–Kier alpha value is -1.11. The number of carbonyl (C=O) groups is 1. The van der Waals surface area contributed by atoms with Gasteiger partial charge >= 0.3 is 0 Å². The van der Waals surface area contributed by atoms with E-state index in [9.17, 15) is 4.79 Å². The normalized spacial score (nSPS) is 25.2. The SMILES string of the molecule is CC1CN(C(=O)C2(n3cccn3)CCNCC2)CCO1.Cl. The molecule has 0 saturated carbocycles. The molecule has 6 nitrogen and oxygen atoms in total. The van der Waals surface area contributed by atoms with Gasteiger partial charge in [0.1, 0.15) is 5.54 Å². The number of halogens is 1. The molecule has 0 spiro atoms. The van der Waals surface area contributed by atoms with Crippen LogP contribution in [0.1, 0.15) is 19.8 Å². The van der Waals surface area contributed by atoms with Crippen LogP contribution in [0.5, 0.6) is 0 Å². The highest BCUT2D eigenvalue weighted by molar-refractivity contribution is 5.85. The van der Waals surface area contributed by atoms with Gasteiger partial charge < -0.3 is 15.0 Å². The minimum atomic E-state index is -0.522. The van der Waals surface area contributed by atoms with E-state index in [2.05, 4.69) is 10.4 Å². The van der Waals surface area contributed by atoms with Crippen LogP contribution in [0.4, 0.5) is 0 Å². The number of amides is 1. The molecule has 3 rings (SSSR count). The van der Waals surface area contributed by atoms with Crippen LogP contribution in [0.2, 0.25) is 0 Å². The Labute approximate surface area is 131 Å². The van der Waals surface area contributed by atoms with Gasteiger partial charge in [0.25, 0.3) is 5.91 Å². The van der Waals surface area contributed by atoms with Crippen molar-refractivity contribution in [3.8, 4) is 0 Å². The van der Waals surface area contributed by atoms with E-state index >= 15 is 0 Å². The van der Waals surface area contributed by atoms with E-state index < -0.39 is 5.54 Å². The first kappa shape index (κ1) is 16.3. The second kappa shape index (κ2) is 6.77. The third-order valence-electron chi connectivity index (χ3n) is 4.30. The number of hydrogen-bond acceptors (Lipinski definition) is 4. The summed E-state index contributed by atoms with van der Waals surface area (Å²) in [5.41, 5.74) is -0.522. The maximum Gasteiger partial charge on any atom is 0.250 e. The molecule has 2 aliphatic heterocycles. The second-order valence-electron chi connectivity index (χ2n) is 5.66. The number of ether oxygens (including phenoxy) is 1. The van der Waals surface area contributed by atoms with Gasteiger partial charge in [0.15, 0.2) is 0 Å². The van der Waals surface area contributed by atoms with Crippen LogP contribution in [0.25, 0.3) is 0 Å². The second-order valence-corrected chi connectivity index (χ2v) is 5.66. The lowest BCUT2D eigenvalue weighted by Gasteiger charge is -2.42. The Morgan fingerprint density at radius 1 is 1.43 bits per heavy atom. The number of hydrogen-bond donors (Lipinski definition) is 1. The average molecular weight is 315 g/mol. The highest BCUT2D eigenvalue weighted by atomic mass is 35.5. The van der Waals surface area contributed by atoms with E-state index in [1.807, 2.05) is 28.8 Å². The molecule has 118 valence electrons. The lowest BCUT2D eigenvalue weighted by atomic mass is 9.86. The predicted molar refractivity (Wildman–Crippen MR) is 81.5 cm³/mol. The van der Waals surface area contributed by atoms with Crippen LogP contribution < -0.4 is 5.32 Å². The molecule has 0 radical (unpaired) electrons. The molecule has 1 unspecified atom stereocenters. The number of rotatable bonds is 2. The molecule has 2 aliphatic rings. The molecule has 1 N–H and O–H groups in total. The predicted octanol–water partition coefficient (Wildman–Crippen LogP) is 0.631. The minimum absolute atomic E-state index is 0. The third kappa shape index (κ3) is 3.07. The number of nitrogens with one attached hydrogen (secondary N) is 1. The summed E-state index contributed by atoms with van der Waals surface area (Å²) in [5.74, 6) is 0.192. The van der Waals surface area contributed by atoms with Crippen LogP contribution in [0.3, 0.4) is 0 Å². The van der Waals surface area contributed by atoms with Gasteiger partial charge in [0.2, 0.25) is 0 Å². The zero-order valence-electron chi connectivity index (χ0n) is 12.3. The van der Waals surface area contributed by atoms with E-state index in [-0.39, 0.29) is 24.4 Å². The van der Waals surface area contributed by atoms with Gasteiger partial charge in [0, 0.05) is 25.5 Å². The van der Waals surface area contributed by atoms with Gasteiger partial charge in [-0.15, -0.1) is 12.4 Å². The zero-order valence-corrected chi connectivity index (χ0v) is 13.1. The van der Waals surface area contributed by atoms with Crippen LogP contribution in [0.15, 0.2) is 18.5 Å². The Morgan fingerprint density at radius 2 is 2.19 bits per heavy atom. The molecule has 1 aromatic heterocycles. The van der Waals surface area contributed by atoms with Crippen molar-refractivity contribution in [2.24, 2.45) is 0 Å². The van der Waals surface area contributed by atoms with E-state index in [0.717, 1.165) is 25.9 Å². The fraction of sp³-hybridized carbons (Fsp3) is 0.714. The van der Waals surface area contributed by atoms with Crippen molar-refractivity contribution < 1.29 is 9.53 Å². The smallest absolute Gasteiger partial charge is 0.250 e. The van der Waals surface area contributed by atoms with Crippen molar-refractivity contribution >= 4 is 18.3 Å². The van der Waals surface area contributed by atoms with Gasteiger partial charge in [0.05, 0.1) is 12.7 Å². The quantitative estimate of drug-likeness (QED) is 0.870. The molecule has 1 atom stereocenters. The monoisotopic (exact) mass is 314 g/mol. The summed E-state index contributed by atoms with van der Waals surface area (Å²) in [6.45, 7) is 5.70. The molecule has 0 bridgehead atoms. The molecule has 3 heterocycles. The van der Waals surface area contributed by atoms with E-state index in [1.54, 1.807) is 6.20 Å². The number of piperidine rings is 1. The first-order valence-corrected chi connectivity index (χ1v) is 7.34. The third-order valence-corrected chi connectivity index (χ3v) is 4.30. The summed E-state index contributed by atoms with van der Waals surface area (Å²) < 4.78 is 7.40. The van der Waals surface area contributed by atoms with Gasteiger partial charge in [-0.3, -0.25) is 9.48 Å². The standard InChI is InChI=1S/C14H22N4O2.ClH/c1-12-11-17(9-10-20-12)13(19)14(3-6-15-7-4-14)18-8-2-5-16-18;/h2,5,8,12,15H,3-4,6-7,9-11H2,1H3;1H. The van der Waals surface area contributed by atoms with Gasteiger partial charge in [-0.25, -0.2) is 0 Å². The molecule has 2 fully saturated rings. The lowest BCUT2D eigenvalue weighted by molar-refractivity contribution is -0.150. The summed E-state index contributed by atoms with van der Waals surface area (Å²) in [4.78, 5) is 15.0. The molecular weight excluding hydrogens is 292 g/mol. The Morgan fingerprint density at radius 3 is 2.81 bits per heavy atom. The lowest BCUT2D eigenvalue weighted by Crippen LogP contribution is -2.58. The van der Waals surface area contributed by atoms with Crippen molar-refractivity contribution in [3.63, 3.8) is 0 Å². The van der Waals surface area contributed by atoms with Crippen LogP contribution >= 0.6 is 12.4 Å². The van der Waals surface area contributed by atoms with Gasteiger partial charge in [-0.05, 0) is 38.9 Å². The molecular formula is C14H23ClN4O2. The zero-order chi connectivity index (χ0) is 14.0. The first-order valence-electron chi connectivity index (χ1n) is 7.34. The topological polar surface area (TPSA) is 59.4 Å². The summed E-state index contributed by atoms with van der Waals surface area (Å²) in [6.07, 6.45) is 5.36. The number of aromatic nitrogens is 2. The van der Waals surface area contributed by atoms with E-state index in [4.69, 9.17) is 4.74 Å². The maximum atomic E-state index is 13.1. The van der Waals surface area contributed by atoms with Crippen LogP contribution in [0, 0.1) is 0 Å². The number of carbonyl (C=O) groups excluding carboxylic acids is 1. The average Bonchev–Trinajstić information content (AvgIpc) is 3.02. The largest absolute Gasteiger partial charge is 0.375 e. The molecule has 21 heavy (non-hydrogen) atoms. The summed E-state index contributed by atoms with van der Waals surface area (Å²) in [6, 6.07) is 1.89. The highest BCUT2D eigenvalue weighted by Gasteiger charge is 2.45. The highest BCUT2D eigenvalue weighted by Crippen LogP contribution is 2.30. The van der Waals surface area contributed by atoms with E-state index in [0.29, 0.717) is 19.7 Å². The molecule has 0 aliphatic carbocycles. The Bertz CT molecular complexity index is 460. The summed E-state index contributed by atoms with van der Waals surface area (Å²) >= 11 is 0. The van der Waals surface area contributed by atoms with Gasteiger partial charge in [-0.2, -0.15) is 5.10 Å². The van der Waals surface area contributed by atoms with Crippen molar-refractivity contribution in [2.75, 3.05) is 32.8 Å². The fourth-order valence-electron chi connectivity index (χ4n) is 3.20. The summed E-state index contributed by atoms with van der Waals surface area (Å²) in [5, 5.41) is 7.69. The fourth-order valence-corrected chi connectivity index (χ4v) is 3.20. The van der Waals surface area contributed by atoms with E-state index in [1.165, 1.54) is 0 Å². The summed E-state index contributed by atoms with van der Waals surface area (Å²) in [7, 11) is 0. The van der Waals surface area contributed by atoms with Crippen molar-refractivity contribution in [3.05, 3.63) is 18.5 Å². The molecule has 0 aromatic carbocycles. The van der Waals surface area contributed by atoms with Crippen molar-refractivity contribution in [1.82, 2.24) is 20.0 Å². The number of morpholine rings is 1.